The van der Waals surface area contributed by atoms with Crippen molar-refractivity contribution in [3.05, 3.63) is 28.4 Å². The van der Waals surface area contributed by atoms with Crippen LogP contribution >= 0.6 is 67.8 Å². The third-order valence-corrected chi connectivity index (χ3v) is 7.02. The molecular formula is C13H14I3NO2. The van der Waals surface area contributed by atoms with Gasteiger partial charge in [0.05, 0.1) is 11.2 Å². The summed E-state index contributed by atoms with van der Waals surface area (Å²) in [5.74, 6) is 0.0799. The maximum absolute atomic E-state index is 12.6. The number of piperidine rings is 1. The number of hydrogen-bond acceptors (Lipinski definition) is 2. The molecule has 1 N–H and O–H groups in total. The van der Waals surface area contributed by atoms with Crippen molar-refractivity contribution >= 4 is 73.7 Å². The highest BCUT2D eigenvalue weighted by atomic mass is 127. The van der Waals surface area contributed by atoms with Gasteiger partial charge in [-0.1, -0.05) is 0 Å². The second-order valence-electron chi connectivity index (χ2n) is 5.04. The Kier molecular flexibility index (Phi) is 5.38. The zero-order chi connectivity index (χ0) is 14.2. The second kappa shape index (κ2) is 6.30. The first-order valence-electron chi connectivity index (χ1n) is 5.96. The maximum atomic E-state index is 12.6. The monoisotopic (exact) mass is 597 g/mol. The lowest BCUT2D eigenvalue weighted by molar-refractivity contribution is -0.00205. The van der Waals surface area contributed by atoms with Gasteiger partial charge in [0.15, 0.2) is 0 Å². The number of aliphatic hydroxyl groups is 1. The molecule has 0 radical (unpaired) electrons. The summed E-state index contributed by atoms with van der Waals surface area (Å²) < 4.78 is 3.20. The van der Waals surface area contributed by atoms with Gasteiger partial charge in [-0.25, -0.2) is 0 Å². The van der Waals surface area contributed by atoms with Gasteiger partial charge in [0.2, 0.25) is 0 Å². The van der Waals surface area contributed by atoms with E-state index in [2.05, 4.69) is 73.8 Å². The summed E-state index contributed by atoms with van der Waals surface area (Å²) in [6, 6.07) is 4.01. The molecule has 104 valence electrons. The van der Waals surface area contributed by atoms with Crippen LogP contribution in [0.5, 0.6) is 0 Å². The zero-order valence-electron chi connectivity index (χ0n) is 10.4. The minimum Gasteiger partial charge on any atom is -0.390 e. The molecule has 0 bridgehead atoms. The van der Waals surface area contributed by atoms with Gasteiger partial charge in [-0.15, -0.1) is 0 Å². The van der Waals surface area contributed by atoms with Gasteiger partial charge in [0.25, 0.3) is 5.91 Å². The average Bonchev–Trinajstić information content (AvgIpc) is 2.33. The standard InChI is InChI=1S/C13H14I3NO2/c1-13(19)2-4-17(5-3-13)12(18)9-6-8(14)7-10(15)11(9)16/h6-7,19H,2-5H2,1H3. The zero-order valence-corrected chi connectivity index (χ0v) is 16.9. The molecule has 1 aromatic rings. The summed E-state index contributed by atoms with van der Waals surface area (Å²) in [5.41, 5.74) is 0.155. The van der Waals surface area contributed by atoms with E-state index >= 15 is 0 Å². The number of likely N-dealkylation sites (tertiary alicyclic amines) is 1. The fraction of sp³-hybridized carbons (Fsp3) is 0.462. The third kappa shape index (κ3) is 3.94. The fourth-order valence-corrected chi connectivity index (χ4v) is 4.46. The molecule has 3 nitrogen and oxygen atoms in total. The number of rotatable bonds is 1. The number of carbonyl (C=O) groups excluding carboxylic acids is 1. The Bertz CT molecular complexity index is 507. The maximum Gasteiger partial charge on any atom is 0.255 e. The lowest BCUT2D eigenvalue weighted by atomic mass is 9.93. The van der Waals surface area contributed by atoms with Gasteiger partial charge in [0.1, 0.15) is 0 Å². The molecule has 1 amide bonds. The number of amides is 1. The fourth-order valence-electron chi connectivity index (χ4n) is 2.07. The Hall–Kier alpha value is 0.840. The highest BCUT2D eigenvalue weighted by Gasteiger charge is 2.30. The molecule has 19 heavy (non-hydrogen) atoms. The van der Waals surface area contributed by atoms with Crippen LogP contribution in [0.25, 0.3) is 0 Å². The molecule has 0 aliphatic carbocycles. The third-order valence-electron chi connectivity index (χ3n) is 3.35. The summed E-state index contributed by atoms with van der Waals surface area (Å²) in [7, 11) is 0. The summed E-state index contributed by atoms with van der Waals surface area (Å²) in [4.78, 5) is 14.4. The quantitative estimate of drug-likeness (QED) is 0.399. The molecule has 6 heteroatoms. The number of benzene rings is 1. The number of halogens is 3. The van der Waals surface area contributed by atoms with Crippen molar-refractivity contribution in [1.29, 1.82) is 0 Å². The van der Waals surface area contributed by atoms with Gasteiger partial charge in [-0.3, -0.25) is 4.79 Å². The summed E-state index contributed by atoms with van der Waals surface area (Å²) >= 11 is 6.73. The van der Waals surface area contributed by atoms with Crippen molar-refractivity contribution in [2.75, 3.05) is 13.1 Å². The Labute approximate surface area is 153 Å². The summed E-state index contributed by atoms with van der Waals surface area (Å²) in [6.45, 7) is 3.10. The molecule has 0 unspecified atom stereocenters. The predicted molar refractivity (Wildman–Crippen MR) is 100 cm³/mol. The van der Waals surface area contributed by atoms with E-state index in [-0.39, 0.29) is 5.91 Å². The van der Waals surface area contributed by atoms with Crippen molar-refractivity contribution < 1.29 is 9.90 Å². The van der Waals surface area contributed by atoms with Crippen LogP contribution in [0.3, 0.4) is 0 Å². The second-order valence-corrected chi connectivity index (χ2v) is 8.52. The number of hydrogen-bond donors (Lipinski definition) is 1. The van der Waals surface area contributed by atoms with Crippen LogP contribution in [0.4, 0.5) is 0 Å². The average molecular weight is 597 g/mol. The largest absolute Gasteiger partial charge is 0.390 e. The predicted octanol–water partition coefficient (Wildman–Crippen LogP) is 3.49. The van der Waals surface area contributed by atoms with E-state index in [0.717, 1.165) is 16.3 Å². The van der Waals surface area contributed by atoms with Gasteiger partial charge in [0, 0.05) is 23.8 Å². The summed E-state index contributed by atoms with van der Waals surface area (Å²) in [5, 5.41) is 9.95. The van der Waals surface area contributed by atoms with E-state index < -0.39 is 5.60 Å². The summed E-state index contributed by atoms with van der Waals surface area (Å²) in [6.07, 6.45) is 1.30. The Morgan fingerprint density at radius 1 is 1.26 bits per heavy atom. The first kappa shape index (κ1) is 16.2. The highest BCUT2D eigenvalue weighted by Crippen LogP contribution is 2.27. The Morgan fingerprint density at radius 3 is 2.42 bits per heavy atom. The number of carbonyl (C=O) groups is 1. The van der Waals surface area contributed by atoms with Gasteiger partial charge >= 0.3 is 0 Å². The van der Waals surface area contributed by atoms with Crippen molar-refractivity contribution in [2.45, 2.75) is 25.4 Å². The molecule has 2 rings (SSSR count). The molecule has 1 fully saturated rings. The molecule has 0 aromatic heterocycles. The first-order chi connectivity index (χ1) is 8.80. The minimum absolute atomic E-state index is 0.0799. The van der Waals surface area contributed by atoms with E-state index in [1.807, 2.05) is 17.9 Å². The van der Waals surface area contributed by atoms with Crippen LogP contribution in [0.2, 0.25) is 0 Å². The van der Waals surface area contributed by atoms with Gasteiger partial charge in [-0.05, 0) is 99.7 Å². The lowest BCUT2D eigenvalue weighted by Gasteiger charge is -2.36. The molecular weight excluding hydrogens is 583 g/mol. The smallest absolute Gasteiger partial charge is 0.255 e. The highest BCUT2D eigenvalue weighted by molar-refractivity contribution is 14.1. The lowest BCUT2D eigenvalue weighted by Crippen LogP contribution is -2.45. The molecule has 1 aliphatic rings. The first-order valence-corrected chi connectivity index (χ1v) is 9.20. The SMILES string of the molecule is CC1(O)CCN(C(=O)c2cc(I)cc(I)c2I)CC1. The Balaban J connectivity index is 2.21. The van der Waals surface area contributed by atoms with E-state index in [0.29, 0.717) is 25.9 Å². The van der Waals surface area contributed by atoms with Crippen LogP contribution in [0.15, 0.2) is 12.1 Å². The van der Waals surface area contributed by atoms with Crippen LogP contribution in [-0.2, 0) is 0 Å². The van der Waals surface area contributed by atoms with E-state index in [1.165, 1.54) is 0 Å². The molecule has 1 heterocycles. The van der Waals surface area contributed by atoms with E-state index in [9.17, 15) is 9.90 Å². The van der Waals surface area contributed by atoms with Crippen LogP contribution in [0.1, 0.15) is 30.1 Å². The van der Waals surface area contributed by atoms with Gasteiger partial charge < -0.3 is 10.0 Å². The molecule has 1 aromatic carbocycles. The van der Waals surface area contributed by atoms with Crippen molar-refractivity contribution in [3.63, 3.8) is 0 Å². The van der Waals surface area contributed by atoms with E-state index in [1.54, 1.807) is 0 Å². The minimum atomic E-state index is -0.622. The molecule has 1 aliphatic heterocycles. The van der Waals surface area contributed by atoms with Crippen LogP contribution in [0, 0.1) is 10.7 Å². The van der Waals surface area contributed by atoms with Crippen molar-refractivity contribution in [1.82, 2.24) is 4.90 Å². The molecule has 1 saturated heterocycles. The number of nitrogens with zero attached hydrogens (tertiary/aromatic N) is 1. The topological polar surface area (TPSA) is 40.5 Å². The van der Waals surface area contributed by atoms with E-state index in [4.69, 9.17) is 0 Å². The van der Waals surface area contributed by atoms with Crippen molar-refractivity contribution in [3.8, 4) is 0 Å². The molecule has 0 spiro atoms. The van der Waals surface area contributed by atoms with Gasteiger partial charge in [-0.2, -0.15) is 0 Å². The van der Waals surface area contributed by atoms with Crippen LogP contribution < -0.4 is 0 Å². The molecule has 0 saturated carbocycles. The molecule has 0 atom stereocenters. The van der Waals surface area contributed by atoms with Crippen molar-refractivity contribution in [2.24, 2.45) is 0 Å². The van der Waals surface area contributed by atoms with Crippen LogP contribution in [-0.4, -0.2) is 34.6 Å². The Morgan fingerprint density at radius 2 is 1.84 bits per heavy atom. The normalized spacial score (nSPS) is 18.5.